The van der Waals surface area contributed by atoms with Gasteiger partial charge in [0.1, 0.15) is 0 Å². The number of carbonyl (C=O) groups excluding carboxylic acids is 1. The summed E-state index contributed by atoms with van der Waals surface area (Å²) >= 11 is 1.97. The molecular weight excluding hydrogens is 278 g/mol. The smallest absolute Gasteiger partial charge is 0.168 e. The Balaban J connectivity index is 2.14. The second-order valence-electron chi connectivity index (χ2n) is 5.26. The van der Waals surface area contributed by atoms with Gasteiger partial charge in [-0.25, -0.2) is 0 Å². The van der Waals surface area contributed by atoms with E-state index >= 15 is 0 Å². The number of carbonyl (C=O) groups is 1. The van der Waals surface area contributed by atoms with Crippen LogP contribution in [0.4, 0.5) is 0 Å². The van der Waals surface area contributed by atoms with Crippen LogP contribution in [0.2, 0.25) is 0 Å². The van der Waals surface area contributed by atoms with E-state index in [1.54, 1.807) is 0 Å². The van der Waals surface area contributed by atoms with Crippen molar-refractivity contribution in [3.8, 4) is 0 Å². The molecule has 3 heteroatoms. The molecule has 0 heterocycles. The Hall–Kier alpha value is -1.09. The standard InChI is InChI=1S/C18H27NOS/c1-3-4-5-9-13-21-14-12-19-16(2)15-18(20)17-10-7-6-8-11-17/h6-8,10-11H,3-5,9,12-15H2,1-2H3. The van der Waals surface area contributed by atoms with Crippen LogP contribution < -0.4 is 0 Å². The predicted octanol–water partition coefficient (Wildman–Crippen LogP) is 5.03. The number of hydrogen-bond acceptors (Lipinski definition) is 3. The first-order valence-corrected chi connectivity index (χ1v) is 9.05. The molecule has 0 saturated carbocycles. The van der Waals surface area contributed by atoms with Gasteiger partial charge in [0.25, 0.3) is 0 Å². The first kappa shape index (κ1) is 18.0. The Morgan fingerprint density at radius 3 is 2.57 bits per heavy atom. The molecule has 0 aromatic heterocycles. The van der Waals surface area contributed by atoms with Crippen LogP contribution in [-0.4, -0.2) is 29.5 Å². The highest BCUT2D eigenvalue weighted by atomic mass is 32.2. The molecule has 0 fully saturated rings. The van der Waals surface area contributed by atoms with Crippen molar-refractivity contribution in [3.63, 3.8) is 0 Å². The van der Waals surface area contributed by atoms with Crippen molar-refractivity contribution >= 4 is 23.3 Å². The normalized spacial score (nSPS) is 11.6. The van der Waals surface area contributed by atoms with E-state index < -0.39 is 0 Å². The quantitative estimate of drug-likeness (QED) is 0.326. The summed E-state index contributed by atoms with van der Waals surface area (Å²) in [4.78, 5) is 16.5. The van der Waals surface area contributed by atoms with Gasteiger partial charge in [0, 0.05) is 30.0 Å². The minimum Gasteiger partial charge on any atom is -0.294 e. The van der Waals surface area contributed by atoms with Gasteiger partial charge < -0.3 is 0 Å². The van der Waals surface area contributed by atoms with Crippen LogP contribution in [0.25, 0.3) is 0 Å². The molecule has 0 saturated heterocycles. The molecule has 0 amide bonds. The second kappa shape index (κ2) is 11.6. The van der Waals surface area contributed by atoms with Crippen molar-refractivity contribution in [1.29, 1.82) is 0 Å². The molecule has 1 aromatic rings. The minimum atomic E-state index is 0.157. The number of ketones is 1. The zero-order valence-electron chi connectivity index (χ0n) is 13.3. The third-order valence-corrected chi connectivity index (χ3v) is 4.32. The van der Waals surface area contributed by atoms with Crippen LogP contribution in [-0.2, 0) is 0 Å². The molecule has 0 spiro atoms. The topological polar surface area (TPSA) is 29.4 Å². The molecule has 1 aromatic carbocycles. The van der Waals surface area contributed by atoms with Crippen LogP contribution in [0.15, 0.2) is 35.3 Å². The van der Waals surface area contributed by atoms with Crippen molar-refractivity contribution in [3.05, 3.63) is 35.9 Å². The Morgan fingerprint density at radius 1 is 1.10 bits per heavy atom. The third-order valence-electron chi connectivity index (χ3n) is 3.27. The Kier molecular flexibility index (Phi) is 9.88. The van der Waals surface area contributed by atoms with Crippen molar-refractivity contribution in [1.82, 2.24) is 0 Å². The van der Waals surface area contributed by atoms with Crippen molar-refractivity contribution in [2.24, 2.45) is 4.99 Å². The van der Waals surface area contributed by atoms with Crippen LogP contribution in [0.5, 0.6) is 0 Å². The lowest BCUT2D eigenvalue weighted by atomic mass is 10.1. The number of nitrogens with zero attached hydrogens (tertiary/aromatic N) is 1. The molecular formula is C18H27NOS. The number of Topliss-reactive ketones (excluding diaryl/α,β-unsaturated/α-hetero) is 1. The van der Waals surface area contributed by atoms with Gasteiger partial charge in [-0.1, -0.05) is 56.5 Å². The highest BCUT2D eigenvalue weighted by Gasteiger charge is 2.06. The molecule has 21 heavy (non-hydrogen) atoms. The average Bonchev–Trinajstić information content (AvgIpc) is 2.50. The maximum Gasteiger partial charge on any atom is 0.168 e. The number of unbranched alkanes of at least 4 members (excludes halogenated alkanes) is 3. The van der Waals surface area contributed by atoms with E-state index in [9.17, 15) is 4.79 Å². The minimum absolute atomic E-state index is 0.157. The Labute approximate surface area is 133 Å². The summed E-state index contributed by atoms with van der Waals surface area (Å²) in [5, 5.41) is 0. The van der Waals surface area contributed by atoms with Crippen molar-refractivity contribution in [2.45, 2.75) is 46.0 Å². The first-order valence-electron chi connectivity index (χ1n) is 7.90. The molecule has 1 rings (SSSR count). The molecule has 0 N–H and O–H groups in total. The molecule has 0 radical (unpaired) electrons. The van der Waals surface area contributed by atoms with Gasteiger partial charge in [-0.05, 0) is 19.1 Å². The fourth-order valence-electron chi connectivity index (χ4n) is 2.05. The van der Waals surface area contributed by atoms with Crippen molar-refractivity contribution < 1.29 is 4.79 Å². The Bertz CT molecular complexity index is 428. The molecule has 0 atom stereocenters. The predicted molar refractivity (Wildman–Crippen MR) is 94.8 cm³/mol. The fraction of sp³-hybridized carbons (Fsp3) is 0.556. The monoisotopic (exact) mass is 305 g/mol. The summed E-state index contributed by atoms with van der Waals surface area (Å²) < 4.78 is 0. The summed E-state index contributed by atoms with van der Waals surface area (Å²) in [7, 11) is 0. The molecule has 0 bridgehead atoms. The van der Waals surface area contributed by atoms with E-state index in [1.165, 1.54) is 31.4 Å². The lowest BCUT2D eigenvalue weighted by Crippen LogP contribution is -2.06. The average molecular weight is 305 g/mol. The number of rotatable bonds is 11. The molecule has 2 nitrogen and oxygen atoms in total. The van der Waals surface area contributed by atoms with E-state index in [-0.39, 0.29) is 5.78 Å². The highest BCUT2D eigenvalue weighted by molar-refractivity contribution is 7.99. The van der Waals surface area contributed by atoms with E-state index in [0.717, 1.165) is 23.6 Å². The number of benzene rings is 1. The zero-order chi connectivity index (χ0) is 15.3. The number of aliphatic imine (C=N–C) groups is 1. The molecule has 0 aliphatic rings. The lowest BCUT2D eigenvalue weighted by molar-refractivity contribution is 0.100. The van der Waals surface area contributed by atoms with E-state index in [2.05, 4.69) is 11.9 Å². The van der Waals surface area contributed by atoms with Gasteiger partial charge in [-0.3, -0.25) is 9.79 Å². The van der Waals surface area contributed by atoms with Crippen molar-refractivity contribution in [2.75, 3.05) is 18.1 Å². The summed E-state index contributed by atoms with van der Waals surface area (Å²) in [5.74, 6) is 2.45. The van der Waals surface area contributed by atoms with Gasteiger partial charge in [0.15, 0.2) is 5.78 Å². The Morgan fingerprint density at radius 2 is 1.86 bits per heavy atom. The zero-order valence-corrected chi connectivity index (χ0v) is 14.1. The third kappa shape index (κ3) is 8.71. The van der Waals surface area contributed by atoms with Gasteiger partial charge >= 0.3 is 0 Å². The SMILES string of the molecule is CCCCCCSCCN=C(C)CC(=O)c1ccccc1. The highest BCUT2D eigenvalue weighted by Crippen LogP contribution is 2.08. The van der Waals surface area contributed by atoms with Gasteiger partial charge in [-0.2, -0.15) is 11.8 Å². The maximum atomic E-state index is 12.0. The fourth-order valence-corrected chi connectivity index (χ4v) is 2.88. The maximum absolute atomic E-state index is 12.0. The molecule has 116 valence electrons. The molecule has 0 unspecified atom stereocenters. The van der Waals surface area contributed by atoms with Crippen LogP contribution in [0.1, 0.15) is 56.3 Å². The first-order chi connectivity index (χ1) is 10.2. The summed E-state index contributed by atoms with van der Waals surface area (Å²) in [6.07, 6.45) is 5.74. The van der Waals surface area contributed by atoms with E-state index in [0.29, 0.717) is 6.42 Å². The van der Waals surface area contributed by atoms with Crippen LogP contribution in [0.3, 0.4) is 0 Å². The second-order valence-corrected chi connectivity index (χ2v) is 6.48. The van der Waals surface area contributed by atoms with Gasteiger partial charge in [0.2, 0.25) is 0 Å². The summed E-state index contributed by atoms with van der Waals surface area (Å²) in [6, 6.07) is 9.45. The van der Waals surface area contributed by atoms with Gasteiger partial charge in [-0.15, -0.1) is 0 Å². The van der Waals surface area contributed by atoms with Crippen LogP contribution in [0, 0.1) is 0 Å². The van der Waals surface area contributed by atoms with Crippen LogP contribution >= 0.6 is 11.8 Å². The summed E-state index contributed by atoms with van der Waals surface area (Å²) in [5.41, 5.74) is 1.72. The lowest BCUT2D eigenvalue weighted by Gasteiger charge is -2.02. The van der Waals surface area contributed by atoms with E-state index in [4.69, 9.17) is 0 Å². The van der Waals surface area contributed by atoms with E-state index in [1.807, 2.05) is 49.0 Å². The summed E-state index contributed by atoms with van der Waals surface area (Å²) in [6.45, 7) is 5.01. The van der Waals surface area contributed by atoms with Gasteiger partial charge in [0.05, 0.1) is 0 Å². The largest absolute Gasteiger partial charge is 0.294 e. The molecule has 0 aliphatic heterocycles. The number of thioether (sulfide) groups is 1. The number of hydrogen-bond donors (Lipinski definition) is 0. The molecule has 0 aliphatic carbocycles.